The Morgan fingerprint density at radius 3 is 2.77 bits per heavy atom. The molecule has 1 aliphatic heterocycles. The summed E-state index contributed by atoms with van der Waals surface area (Å²) in [6.07, 6.45) is 4.49. The Morgan fingerprint density at radius 1 is 1.31 bits per heavy atom. The van der Waals surface area contributed by atoms with Gasteiger partial charge in [0.05, 0.1) is 0 Å². The molecule has 1 heterocycles. The summed E-state index contributed by atoms with van der Waals surface area (Å²) in [6.45, 7) is 0.707. The Kier molecular flexibility index (Phi) is 2.33. The largest absolute Gasteiger partial charge is 0.279 e. The lowest BCUT2D eigenvalue weighted by molar-refractivity contribution is 0.363. The lowest BCUT2D eigenvalue weighted by Gasteiger charge is -2.22. The van der Waals surface area contributed by atoms with E-state index in [0.29, 0.717) is 12.5 Å². The quantitative estimate of drug-likeness (QED) is 0.704. The fourth-order valence-electron chi connectivity index (χ4n) is 2.61. The van der Waals surface area contributed by atoms with E-state index < -0.39 is 10.2 Å². The highest BCUT2D eigenvalue weighted by atomic mass is 32.2. The molecule has 0 amide bonds. The van der Waals surface area contributed by atoms with Crippen LogP contribution in [0.1, 0.15) is 25.7 Å². The molecule has 0 aromatic heterocycles. The van der Waals surface area contributed by atoms with E-state index in [9.17, 15) is 8.42 Å². The van der Waals surface area contributed by atoms with Gasteiger partial charge in [0.2, 0.25) is 0 Å². The molecule has 13 heavy (non-hydrogen) atoms. The maximum absolute atomic E-state index is 11.6. The summed E-state index contributed by atoms with van der Waals surface area (Å²) in [5, 5.41) is 0. The van der Waals surface area contributed by atoms with Crippen molar-refractivity contribution in [1.29, 1.82) is 0 Å². The molecule has 2 aliphatic rings. The van der Waals surface area contributed by atoms with Crippen molar-refractivity contribution in [3.8, 4) is 0 Å². The molecule has 0 aromatic carbocycles. The van der Waals surface area contributed by atoms with Crippen molar-refractivity contribution in [3.63, 3.8) is 0 Å². The Hall–Kier alpha value is -0.130. The van der Waals surface area contributed by atoms with E-state index in [-0.39, 0.29) is 6.04 Å². The van der Waals surface area contributed by atoms with Crippen LogP contribution in [0, 0.1) is 5.92 Å². The third-order valence-corrected chi connectivity index (χ3v) is 4.86. The summed E-state index contributed by atoms with van der Waals surface area (Å²) in [7, 11) is -1.69. The first-order valence-electron chi connectivity index (χ1n) is 4.85. The fourth-order valence-corrected chi connectivity index (χ4v) is 3.82. The molecule has 1 aliphatic carbocycles. The molecule has 76 valence electrons. The minimum Gasteiger partial charge on any atom is -0.205 e. The molecular weight excluding hydrogens is 188 g/mol. The summed E-state index contributed by atoms with van der Waals surface area (Å²) in [4.78, 5) is 0. The van der Waals surface area contributed by atoms with Gasteiger partial charge in [0.1, 0.15) is 0 Å². The van der Waals surface area contributed by atoms with Gasteiger partial charge >= 0.3 is 0 Å². The zero-order chi connectivity index (χ0) is 9.47. The van der Waals surface area contributed by atoms with Gasteiger partial charge in [0.15, 0.2) is 0 Å². The van der Waals surface area contributed by atoms with E-state index in [2.05, 4.69) is 4.72 Å². The number of fused-ring (bicyclic) bond motifs is 1. The number of rotatable bonds is 2. The van der Waals surface area contributed by atoms with Gasteiger partial charge in [-0.25, -0.2) is 4.72 Å². The second kappa shape index (κ2) is 3.22. The van der Waals surface area contributed by atoms with Crippen LogP contribution in [-0.4, -0.2) is 32.4 Å². The maximum atomic E-state index is 11.6. The van der Waals surface area contributed by atoms with Gasteiger partial charge in [0, 0.05) is 19.6 Å². The minimum atomic E-state index is -3.17. The summed E-state index contributed by atoms with van der Waals surface area (Å²) < 4.78 is 27.2. The van der Waals surface area contributed by atoms with Gasteiger partial charge in [-0.05, 0) is 25.2 Å². The van der Waals surface area contributed by atoms with Gasteiger partial charge in [0.25, 0.3) is 10.2 Å². The fraction of sp³-hybridized carbons (Fsp3) is 1.00. The van der Waals surface area contributed by atoms with E-state index in [1.54, 1.807) is 4.31 Å². The standard InChI is InChI=1S/C8H16N2O2S/c1-9-13(11,12)10-6-5-7-3-2-4-8(7)10/h7-9H,2-6H2,1H3. The normalized spacial score (nSPS) is 35.2. The molecule has 1 saturated heterocycles. The van der Waals surface area contributed by atoms with Crippen LogP contribution < -0.4 is 4.72 Å². The van der Waals surface area contributed by atoms with Crippen LogP contribution in [0.25, 0.3) is 0 Å². The third-order valence-electron chi connectivity index (χ3n) is 3.28. The van der Waals surface area contributed by atoms with Crippen LogP contribution in [0.3, 0.4) is 0 Å². The summed E-state index contributed by atoms with van der Waals surface area (Å²) in [5.41, 5.74) is 0. The molecule has 0 aromatic rings. The van der Waals surface area contributed by atoms with E-state index >= 15 is 0 Å². The highest BCUT2D eigenvalue weighted by molar-refractivity contribution is 7.87. The predicted molar refractivity (Wildman–Crippen MR) is 50.4 cm³/mol. The second-order valence-electron chi connectivity index (χ2n) is 3.87. The average molecular weight is 204 g/mol. The molecule has 2 rings (SSSR count). The number of nitrogens with one attached hydrogen (secondary N) is 1. The molecule has 1 N–H and O–H groups in total. The van der Waals surface area contributed by atoms with Crippen molar-refractivity contribution < 1.29 is 8.42 Å². The van der Waals surface area contributed by atoms with Crippen LogP contribution >= 0.6 is 0 Å². The molecule has 1 saturated carbocycles. The van der Waals surface area contributed by atoms with Crippen molar-refractivity contribution >= 4 is 10.2 Å². The van der Waals surface area contributed by atoms with Crippen LogP contribution in [-0.2, 0) is 10.2 Å². The Labute approximate surface area is 79.5 Å². The van der Waals surface area contributed by atoms with Gasteiger partial charge in [-0.15, -0.1) is 0 Å². The Morgan fingerprint density at radius 2 is 2.08 bits per heavy atom. The summed E-state index contributed by atoms with van der Waals surface area (Å²) >= 11 is 0. The van der Waals surface area contributed by atoms with Crippen LogP contribution in [0.4, 0.5) is 0 Å². The number of nitrogens with zero attached hydrogens (tertiary/aromatic N) is 1. The minimum absolute atomic E-state index is 0.289. The van der Waals surface area contributed by atoms with Gasteiger partial charge in [-0.2, -0.15) is 12.7 Å². The molecule has 0 bridgehead atoms. The van der Waals surface area contributed by atoms with Gasteiger partial charge in [-0.3, -0.25) is 0 Å². The predicted octanol–water partition coefficient (Wildman–Crippen LogP) is 0.325. The Balaban J connectivity index is 2.18. The number of hydrogen-bond acceptors (Lipinski definition) is 2. The summed E-state index contributed by atoms with van der Waals surface area (Å²) in [6, 6.07) is 0.289. The maximum Gasteiger partial charge on any atom is 0.279 e. The van der Waals surface area contributed by atoms with Crippen LogP contribution in [0.15, 0.2) is 0 Å². The first-order valence-corrected chi connectivity index (χ1v) is 6.29. The zero-order valence-corrected chi connectivity index (χ0v) is 8.68. The van der Waals surface area contributed by atoms with E-state index in [0.717, 1.165) is 12.8 Å². The van der Waals surface area contributed by atoms with Crippen molar-refractivity contribution in [1.82, 2.24) is 9.03 Å². The van der Waals surface area contributed by atoms with Gasteiger partial charge in [-0.1, -0.05) is 6.42 Å². The zero-order valence-electron chi connectivity index (χ0n) is 7.86. The number of hydrogen-bond donors (Lipinski definition) is 1. The molecular formula is C8H16N2O2S. The summed E-state index contributed by atoms with van der Waals surface area (Å²) in [5.74, 6) is 0.628. The van der Waals surface area contributed by atoms with Crippen molar-refractivity contribution in [2.24, 2.45) is 5.92 Å². The van der Waals surface area contributed by atoms with Crippen LogP contribution in [0.5, 0.6) is 0 Å². The molecule has 5 heteroatoms. The van der Waals surface area contributed by atoms with E-state index in [1.165, 1.54) is 19.9 Å². The van der Waals surface area contributed by atoms with Gasteiger partial charge < -0.3 is 0 Å². The van der Waals surface area contributed by atoms with E-state index in [4.69, 9.17) is 0 Å². The topological polar surface area (TPSA) is 49.4 Å². The van der Waals surface area contributed by atoms with Crippen LogP contribution in [0.2, 0.25) is 0 Å². The van der Waals surface area contributed by atoms with E-state index in [1.807, 2.05) is 0 Å². The first-order chi connectivity index (χ1) is 6.15. The first kappa shape index (κ1) is 9.43. The lowest BCUT2D eigenvalue weighted by atomic mass is 10.1. The molecule has 0 radical (unpaired) electrons. The molecule has 2 fully saturated rings. The second-order valence-corrected chi connectivity index (χ2v) is 5.69. The Bertz CT molecular complexity index is 289. The molecule has 4 nitrogen and oxygen atoms in total. The smallest absolute Gasteiger partial charge is 0.205 e. The SMILES string of the molecule is CNS(=O)(=O)N1CCC2CCCC21. The molecule has 2 atom stereocenters. The third kappa shape index (κ3) is 1.49. The van der Waals surface area contributed by atoms with Crippen molar-refractivity contribution in [3.05, 3.63) is 0 Å². The highest BCUT2D eigenvalue weighted by Gasteiger charge is 2.42. The van der Waals surface area contributed by atoms with Crippen molar-refractivity contribution in [2.75, 3.05) is 13.6 Å². The average Bonchev–Trinajstić information content (AvgIpc) is 2.62. The monoisotopic (exact) mass is 204 g/mol. The molecule has 2 unspecified atom stereocenters. The lowest BCUT2D eigenvalue weighted by Crippen LogP contribution is -2.42. The molecule has 0 spiro atoms. The highest BCUT2D eigenvalue weighted by Crippen LogP contribution is 2.38. The van der Waals surface area contributed by atoms with Crippen molar-refractivity contribution in [2.45, 2.75) is 31.7 Å².